The lowest BCUT2D eigenvalue weighted by Gasteiger charge is -2.14. The Morgan fingerprint density at radius 3 is 2.89 bits per heavy atom. The van der Waals surface area contributed by atoms with Crippen molar-refractivity contribution in [2.24, 2.45) is 7.05 Å². The highest BCUT2D eigenvalue weighted by Gasteiger charge is 2.34. The first-order valence-corrected chi connectivity index (χ1v) is 7.35. The summed E-state index contributed by atoms with van der Waals surface area (Å²) in [7, 11) is -1.76. The van der Waals surface area contributed by atoms with Gasteiger partial charge in [-0.05, 0) is 6.42 Å². The summed E-state index contributed by atoms with van der Waals surface area (Å²) in [5.74, 6) is 0. The number of imidazole rings is 1. The van der Waals surface area contributed by atoms with Crippen LogP contribution in [0.5, 0.6) is 0 Å². The normalized spacial score (nSPS) is 21.0. The smallest absolute Gasteiger partial charge is 0.262 e. The van der Waals surface area contributed by atoms with Crippen molar-refractivity contribution >= 4 is 10.0 Å². The standard InChI is InChI=1S/C10H14N6O2S/c1-14-7-10(11-8-14)19(17,18)15-4-2-9(6-15)16-5-3-12-13-16/h3,5,7-9H,2,4,6H2,1H3. The molecule has 1 unspecified atom stereocenters. The summed E-state index contributed by atoms with van der Waals surface area (Å²) in [6, 6.07) is 0.0426. The minimum absolute atomic E-state index is 0.0426. The van der Waals surface area contributed by atoms with Crippen molar-refractivity contribution in [3.63, 3.8) is 0 Å². The SMILES string of the molecule is Cn1cnc(S(=O)(=O)N2CCC(n3ccnn3)C2)c1. The number of sulfonamides is 1. The number of rotatable bonds is 3. The minimum atomic E-state index is -3.50. The van der Waals surface area contributed by atoms with Crippen molar-refractivity contribution in [1.29, 1.82) is 0 Å². The predicted molar refractivity (Wildman–Crippen MR) is 65.6 cm³/mol. The van der Waals surface area contributed by atoms with Gasteiger partial charge in [0.05, 0.1) is 18.6 Å². The average molecular weight is 282 g/mol. The van der Waals surface area contributed by atoms with E-state index < -0.39 is 10.0 Å². The maximum atomic E-state index is 12.4. The van der Waals surface area contributed by atoms with Crippen LogP contribution in [0.2, 0.25) is 0 Å². The molecule has 19 heavy (non-hydrogen) atoms. The van der Waals surface area contributed by atoms with Gasteiger partial charge < -0.3 is 4.57 Å². The molecule has 102 valence electrons. The molecule has 1 saturated heterocycles. The molecular formula is C10H14N6O2S. The molecule has 0 radical (unpaired) electrons. The van der Waals surface area contributed by atoms with Crippen LogP contribution in [0.1, 0.15) is 12.5 Å². The predicted octanol–water partition coefficient (Wildman–Crippen LogP) is -0.353. The number of nitrogens with zero attached hydrogens (tertiary/aromatic N) is 6. The van der Waals surface area contributed by atoms with Crippen LogP contribution in [0.15, 0.2) is 29.9 Å². The maximum Gasteiger partial charge on any atom is 0.262 e. The second kappa shape index (κ2) is 4.42. The van der Waals surface area contributed by atoms with Crippen LogP contribution in [-0.2, 0) is 17.1 Å². The molecule has 2 aromatic rings. The molecule has 0 N–H and O–H groups in total. The highest BCUT2D eigenvalue weighted by atomic mass is 32.2. The maximum absolute atomic E-state index is 12.4. The molecule has 0 amide bonds. The quantitative estimate of drug-likeness (QED) is 0.768. The summed E-state index contributed by atoms with van der Waals surface area (Å²) in [6.45, 7) is 0.881. The largest absolute Gasteiger partial charge is 0.339 e. The second-order valence-electron chi connectivity index (χ2n) is 4.57. The zero-order valence-corrected chi connectivity index (χ0v) is 11.2. The van der Waals surface area contributed by atoms with Gasteiger partial charge in [0.1, 0.15) is 0 Å². The summed E-state index contributed by atoms with van der Waals surface area (Å²) < 4.78 is 29.5. The van der Waals surface area contributed by atoms with E-state index in [-0.39, 0.29) is 11.1 Å². The highest BCUT2D eigenvalue weighted by molar-refractivity contribution is 7.89. The van der Waals surface area contributed by atoms with Crippen LogP contribution in [0, 0.1) is 0 Å². The van der Waals surface area contributed by atoms with Crippen molar-refractivity contribution in [2.75, 3.05) is 13.1 Å². The van der Waals surface area contributed by atoms with Crippen LogP contribution >= 0.6 is 0 Å². The van der Waals surface area contributed by atoms with Crippen molar-refractivity contribution in [3.05, 3.63) is 24.9 Å². The first-order valence-electron chi connectivity index (χ1n) is 5.91. The number of aryl methyl sites for hydroxylation is 1. The number of aromatic nitrogens is 5. The van der Waals surface area contributed by atoms with Crippen LogP contribution in [0.3, 0.4) is 0 Å². The van der Waals surface area contributed by atoms with Crippen molar-refractivity contribution in [1.82, 2.24) is 28.9 Å². The number of hydrogen-bond acceptors (Lipinski definition) is 5. The van der Waals surface area contributed by atoms with E-state index in [1.165, 1.54) is 16.8 Å². The Morgan fingerprint density at radius 1 is 1.42 bits per heavy atom. The summed E-state index contributed by atoms with van der Waals surface area (Å²) in [6.07, 6.45) is 7.07. The van der Waals surface area contributed by atoms with Gasteiger partial charge in [-0.2, -0.15) is 4.31 Å². The van der Waals surface area contributed by atoms with Crippen LogP contribution < -0.4 is 0 Å². The molecule has 1 aliphatic rings. The molecule has 2 aromatic heterocycles. The van der Waals surface area contributed by atoms with Gasteiger partial charge in [0.15, 0.2) is 5.03 Å². The molecule has 3 rings (SSSR count). The van der Waals surface area contributed by atoms with E-state index in [9.17, 15) is 8.42 Å². The lowest BCUT2D eigenvalue weighted by atomic mass is 10.3. The fraction of sp³-hybridized carbons (Fsp3) is 0.500. The zero-order valence-electron chi connectivity index (χ0n) is 10.4. The van der Waals surface area contributed by atoms with Crippen molar-refractivity contribution in [3.8, 4) is 0 Å². The molecule has 8 nitrogen and oxygen atoms in total. The van der Waals surface area contributed by atoms with Gasteiger partial charge in [0.2, 0.25) is 0 Å². The Bertz CT molecular complexity index is 662. The minimum Gasteiger partial charge on any atom is -0.339 e. The zero-order chi connectivity index (χ0) is 13.5. The molecule has 1 fully saturated rings. The van der Waals surface area contributed by atoms with Crippen molar-refractivity contribution in [2.45, 2.75) is 17.5 Å². The van der Waals surface area contributed by atoms with E-state index in [4.69, 9.17) is 0 Å². The third-order valence-corrected chi connectivity index (χ3v) is 4.98. The molecule has 9 heteroatoms. The van der Waals surface area contributed by atoms with Gasteiger partial charge >= 0.3 is 0 Å². The molecule has 0 bridgehead atoms. The summed E-state index contributed by atoms with van der Waals surface area (Å²) in [4.78, 5) is 3.92. The summed E-state index contributed by atoms with van der Waals surface area (Å²) in [5.41, 5.74) is 0. The summed E-state index contributed by atoms with van der Waals surface area (Å²) in [5, 5.41) is 7.75. The van der Waals surface area contributed by atoms with Gasteiger partial charge in [-0.3, -0.25) is 0 Å². The van der Waals surface area contributed by atoms with Crippen LogP contribution in [-0.4, -0.2) is 50.4 Å². The molecule has 0 aromatic carbocycles. The molecule has 0 saturated carbocycles. The van der Waals surface area contributed by atoms with Crippen LogP contribution in [0.4, 0.5) is 0 Å². The Morgan fingerprint density at radius 2 is 2.26 bits per heavy atom. The molecule has 0 aliphatic carbocycles. The van der Waals surface area contributed by atoms with Gasteiger partial charge in [0.25, 0.3) is 10.0 Å². The van der Waals surface area contributed by atoms with E-state index in [0.717, 1.165) is 6.42 Å². The lowest BCUT2D eigenvalue weighted by Crippen LogP contribution is -2.29. The monoisotopic (exact) mass is 282 g/mol. The third kappa shape index (κ3) is 2.15. The Kier molecular flexibility index (Phi) is 2.86. The Hall–Kier alpha value is -1.74. The van der Waals surface area contributed by atoms with Gasteiger partial charge in [-0.1, -0.05) is 5.21 Å². The molecule has 0 spiro atoms. The van der Waals surface area contributed by atoms with Crippen molar-refractivity contribution < 1.29 is 8.42 Å². The van der Waals surface area contributed by atoms with Crippen LogP contribution in [0.25, 0.3) is 0 Å². The highest BCUT2D eigenvalue weighted by Crippen LogP contribution is 2.25. The van der Waals surface area contributed by atoms with E-state index in [1.807, 2.05) is 0 Å². The van der Waals surface area contributed by atoms with Gasteiger partial charge in [-0.15, -0.1) is 5.10 Å². The fourth-order valence-corrected chi connectivity index (χ4v) is 3.67. The number of hydrogen-bond donors (Lipinski definition) is 0. The van der Waals surface area contributed by atoms with E-state index in [0.29, 0.717) is 13.1 Å². The second-order valence-corrected chi connectivity index (χ2v) is 6.45. The van der Waals surface area contributed by atoms with E-state index >= 15 is 0 Å². The summed E-state index contributed by atoms with van der Waals surface area (Å²) >= 11 is 0. The first-order chi connectivity index (χ1) is 9.07. The molecular weight excluding hydrogens is 268 g/mol. The van der Waals surface area contributed by atoms with E-state index in [1.54, 1.807) is 28.7 Å². The molecule has 1 aliphatic heterocycles. The molecule has 1 atom stereocenters. The fourth-order valence-electron chi connectivity index (χ4n) is 2.21. The van der Waals surface area contributed by atoms with Gasteiger partial charge in [0, 0.05) is 32.5 Å². The molecule has 3 heterocycles. The Balaban J connectivity index is 1.81. The van der Waals surface area contributed by atoms with Gasteiger partial charge in [-0.25, -0.2) is 18.1 Å². The average Bonchev–Trinajstić information content (AvgIpc) is 3.10. The topological polar surface area (TPSA) is 85.9 Å². The Labute approximate surface area is 110 Å². The van der Waals surface area contributed by atoms with E-state index in [2.05, 4.69) is 15.3 Å². The third-order valence-electron chi connectivity index (χ3n) is 3.23. The lowest BCUT2D eigenvalue weighted by molar-refractivity contribution is 0.427. The first kappa shape index (κ1) is 12.3.